The minimum atomic E-state index is -1.15. The van der Waals surface area contributed by atoms with Gasteiger partial charge in [-0.3, -0.25) is 0 Å². The fourth-order valence-electron chi connectivity index (χ4n) is 0.476. The summed E-state index contributed by atoms with van der Waals surface area (Å²) in [7, 11) is 0. The molecule has 0 aromatic rings. The quantitative estimate of drug-likeness (QED) is 0.264. The van der Waals surface area contributed by atoms with E-state index in [2.05, 4.69) is 16.1 Å². The summed E-state index contributed by atoms with van der Waals surface area (Å²) >= 11 is 0. The smallest absolute Gasteiger partial charge is 0.431 e. The predicted molar refractivity (Wildman–Crippen MR) is 60.8 cm³/mol. The SMILES string of the molecule is C=CCO.O=C(OCC(O)CO)OCC(O)CO. The molecule has 0 heterocycles. The van der Waals surface area contributed by atoms with Crippen LogP contribution in [0.5, 0.6) is 0 Å². The lowest BCUT2D eigenvalue weighted by atomic mass is 10.4. The van der Waals surface area contributed by atoms with Gasteiger partial charge in [0, 0.05) is 0 Å². The van der Waals surface area contributed by atoms with Crippen LogP contribution in [-0.4, -0.2) is 76.9 Å². The van der Waals surface area contributed by atoms with Crippen LogP contribution in [0, 0.1) is 0 Å². The molecule has 8 heteroatoms. The third-order valence-corrected chi connectivity index (χ3v) is 1.34. The molecular weight excluding hydrogens is 248 g/mol. The van der Waals surface area contributed by atoms with Crippen LogP contribution in [0.4, 0.5) is 4.79 Å². The van der Waals surface area contributed by atoms with E-state index in [-0.39, 0.29) is 19.8 Å². The molecule has 0 spiro atoms. The van der Waals surface area contributed by atoms with Gasteiger partial charge >= 0.3 is 6.16 Å². The van der Waals surface area contributed by atoms with Crippen molar-refractivity contribution in [3.05, 3.63) is 12.7 Å². The number of carbonyl (C=O) groups excluding carboxylic acids is 1. The number of rotatable bonds is 7. The van der Waals surface area contributed by atoms with Gasteiger partial charge in [0.05, 0.1) is 19.8 Å². The van der Waals surface area contributed by atoms with Gasteiger partial charge in [0.2, 0.25) is 0 Å². The molecule has 0 amide bonds. The van der Waals surface area contributed by atoms with E-state index >= 15 is 0 Å². The van der Waals surface area contributed by atoms with E-state index in [1.54, 1.807) is 0 Å². The maximum absolute atomic E-state index is 10.7. The van der Waals surface area contributed by atoms with Gasteiger partial charge in [-0.2, -0.15) is 0 Å². The van der Waals surface area contributed by atoms with Crippen LogP contribution in [0.2, 0.25) is 0 Å². The molecule has 0 saturated carbocycles. The van der Waals surface area contributed by atoms with Gasteiger partial charge in [-0.1, -0.05) is 6.08 Å². The third kappa shape index (κ3) is 14.8. The average Bonchev–Trinajstić information content (AvgIpc) is 2.41. The number of ether oxygens (including phenoxy) is 2. The molecule has 18 heavy (non-hydrogen) atoms. The van der Waals surface area contributed by atoms with Gasteiger partial charge < -0.3 is 35.0 Å². The summed E-state index contributed by atoms with van der Waals surface area (Å²) in [6, 6.07) is 0. The van der Waals surface area contributed by atoms with Crippen molar-refractivity contribution in [3.8, 4) is 0 Å². The van der Waals surface area contributed by atoms with Crippen LogP contribution in [0.15, 0.2) is 12.7 Å². The molecule has 0 aliphatic heterocycles. The number of hydrogen-bond acceptors (Lipinski definition) is 8. The molecule has 0 aromatic carbocycles. The standard InChI is InChI=1S/C7H14O7.C3H6O/c8-1-5(10)3-13-7(12)14-4-6(11)2-9;1-2-3-4/h5-6,8-11H,1-4H2;2,4H,1,3H2. The van der Waals surface area contributed by atoms with Gasteiger partial charge in [0.25, 0.3) is 0 Å². The molecule has 0 radical (unpaired) electrons. The molecule has 8 nitrogen and oxygen atoms in total. The van der Waals surface area contributed by atoms with Crippen molar-refractivity contribution in [2.75, 3.05) is 33.0 Å². The zero-order valence-electron chi connectivity index (χ0n) is 9.94. The van der Waals surface area contributed by atoms with E-state index in [0.29, 0.717) is 0 Å². The monoisotopic (exact) mass is 268 g/mol. The maximum Gasteiger partial charge on any atom is 0.508 e. The highest BCUT2D eigenvalue weighted by Gasteiger charge is 2.10. The van der Waals surface area contributed by atoms with Crippen LogP contribution in [0.25, 0.3) is 0 Å². The normalized spacial score (nSPS) is 12.7. The van der Waals surface area contributed by atoms with Crippen molar-refractivity contribution in [1.82, 2.24) is 0 Å². The number of aliphatic hydroxyl groups is 5. The summed E-state index contributed by atoms with van der Waals surface area (Å²) in [5.41, 5.74) is 0. The van der Waals surface area contributed by atoms with Crippen LogP contribution in [-0.2, 0) is 9.47 Å². The van der Waals surface area contributed by atoms with Crippen molar-refractivity contribution < 1.29 is 39.8 Å². The summed E-state index contributed by atoms with van der Waals surface area (Å²) in [4.78, 5) is 10.7. The van der Waals surface area contributed by atoms with E-state index in [4.69, 9.17) is 25.5 Å². The van der Waals surface area contributed by atoms with Crippen molar-refractivity contribution >= 4 is 6.16 Å². The lowest BCUT2D eigenvalue weighted by Gasteiger charge is -2.10. The van der Waals surface area contributed by atoms with Crippen LogP contribution in [0.3, 0.4) is 0 Å². The second kappa shape index (κ2) is 13.9. The van der Waals surface area contributed by atoms with E-state index in [0.717, 1.165) is 0 Å². The molecule has 108 valence electrons. The highest BCUT2D eigenvalue weighted by atomic mass is 16.7. The first-order valence-electron chi connectivity index (χ1n) is 5.10. The first-order chi connectivity index (χ1) is 8.51. The highest BCUT2D eigenvalue weighted by molar-refractivity contribution is 5.59. The van der Waals surface area contributed by atoms with Gasteiger partial charge in [-0.05, 0) is 0 Å². The molecule has 2 atom stereocenters. The number of aliphatic hydroxyl groups excluding tert-OH is 5. The van der Waals surface area contributed by atoms with Crippen molar-refractivity contribution in [2.24, 2.45) is 0 Å². The van der Waals surface area contributed by atoms with Gasteiger partial charge in [0.15, 0.2) is 0 Å². The zero-order valence-corrected chi connectivity index (χ0v) is 9.94. The molecule has 0 rings (SSSR count). The van der Waals surface area contributed by atoms with Gasteiger partial charge in [-0.15, -0.1) is 6.58 Å². The Balaban J connectivity index is 0. The Morgan fingerprint density at radius 1 is 1.06 bits per heavy atom. The Hall–Kier alpha value is -1.19. The van der Waals surface area contributed by atoms with E-state index < -0.39 is 31.6 Å². The van der Waals surface area contributed by atoms with Crippen molar-refractivity contribution in [3.63, 3.8) is 0 Å². The Labute approximate surface area is 105 Å². The van der Waals surface area contributed by atoms with E-state index in [1.807, 2.05) is 0 Å². The van der Waals surface area contributed by atoms with Gasteiger partial charge in [0.1, 0.15) is 25.4 Å². The van der Waals surface area contributed by atoms with E-state index in [1.165, 1.54) is 6.08 Å². The topological polar surface area (TPSA) is 137 Å². The lowest BCUT2D eigenvalue weighted by Crippen LogP contribution is -2.25. The molecule has 0 aliphatic rings. The Morgan fingerprint density at radius 2 is 1.39 bits per heavy atom. The predicted octanol–water partition coefficient (Wildman–Crippen LogP) is -1.99. The minimum Gasteiger partial charge on any atom is -0.431 e. The summed E-state index contributed by atoms with van der Waals surface area (Å²) in [6.45, 7) is 1.50. The fourth-order valence-corrected chi connectivity index (χ4v) is 0.476. The summed E-state index contributed by atoms with van der Waals surface area (Å²) in [5, 5.41) is 42.0. The summed E-state index contributed by atoms with van der Waals surface area (Å²) < 4.78 is 8.65. The second-order valence-electron chi connectivity index (χ2n) is 3.02. The fraction of sp³-hybridized carbons (Fsp3) is 0.700. The number of carbonyl (C=O) groups is 1. The first-order valence-corrected chi connectivity index (χ1v) is 5.10. The molecule has 2 unspecified atom stereocenters. The van der Waals surface area contributed by atoms with Crippen LogP contribution < -0.4 is 0 Å². The molecule has 5 N–H and O–H groups in total. The summed E-state index contributed by atoms with van der Waals surface area (Å²) in [5.74, 6) is 0. The van der Waals surface area contributed by atoms with Crippen molar-refractivity contribution in [2.45, 2.75) is 12.2 Å². The first kappa shape index (κ1) is 19.2. The molecule has 0 saturated heterocycles. The summed E-state index contributed by atoms with van der Waals surface area (Å²) in [6.07, 6.45) is -1.94. The molecule has 0 aliphatic carbocycles. The zero-order chi connectivity index (χ0) is 14.4. The minimum absolute atomic E-state index is 0.0833. The average molecular weight is 268 g/mol. The third-order valence-electron chi connectivity index (χ3n) is 1.34. The second-order valence-corrected chi connectivity index (χ2v) is 3.02. The van der Waals surface area contributed by atoms with Crippen LogP contribution >= 0.6 is 0 Å². The van der Waals surface area contributed by atoms with Crippen LogP contribution in [0.1, 0.15) is 0 Å². The highest BCUT2D eigenvalue weighted by Crippen LogP contribution is 1.91. The Bertz CT molecular complexity index is 192. The Morgan fingerprint density at radius 3 is 1.61 bits per heavy atom. The molecular formula is C10H20O8. The molecule has 0 fully saturated rings. The lowest BCUT2D eigenvalue weighted by molar-refractivity contribution is -0.0215. The molecule has 0 bridgehead atoms. The largest absolute Gasteiger partial charge is 0.508 e. The van der Waals surface area contributed by atoms with Gasteiger partial charge in [-0.25, -0.2) is 4.79 Å². The number of hydrogen-bond donors (Lipinski definition) is 5. The maximum atomic E-state index is 10.7. The van der Waals surface area contributed by atoms with E-state index in [9.17, 15) is 4.79 Å². The molecule has 0 aromatic heterocycles. The van der Waals surface area contributed by atoms with Crippen molar-refractivity contribution in [1.29, 1.82) is 0 Å². The Kier molecular flexibility index (Phi) is 14.8.